The van der Waals surface area contributed by atoms with Gasteiger partial charge in [0.05, 0.1) is 13.2 Å². The largest absolute Gasteiger partial charge is 0.394 e. The van der Waals surface area contributed by atoms with E-state index in [0.717, 1.165) is 6.42 Å². The maximum Gasteiger partial charge on any atom is 0.223 e. The Balaban J connectivity index is 2.21. The highest BCUT2D eigenvalue weighted by Gasteiger charge is 1.98. The molecule has 0 aliphatic heterocycles. The molecule has 90 valence electrons. The Bertz CT molecular complexity index is 301. The van der Waals surface area contributed by atoms with Crippen LogP contribution < -0.4 is 16.8 Å². The topological polar surface area (TPSA) is 119 Å². The molecule has 0 fully saturated rings. The number of anilines is 3. The van der Waals surface area contributed by atoms with Crippen LogP contribution >= 0.6 is 0 Å². The van der Waals surface area contributed by atoms with Crippen molar-refractivity contribution in [1.82, 2.24) is 9.97 Å². The van der Waals surface area contributed by atoms with Gasteiger partial charge in [-0.2, -0.15) is 9.97 Å². The summed E-state index contributed by atoms with van der Waals surface area (Å²) >= 11 is 0. The maximum atomic E-state index is 8.48. The molecule has 6 N–H and O–H groups in total. The second kappa shape index (κ2) is 6.81. The van der Waals surface area contributed by atoms with Gasteiger partial charge in [-0.05, 0) is 6.42 Å². The molecule has 0 aromatic carbocycles. The Morgan fingerprint density at radius 1 is 1.31 bits per heavy atom. The summed E-state index contributed by atoms with van der Waals surface area (Å²) < 4.78 is 5.10. The highest BCUT2D eigenvalue weighted by molar-refractivity contribution is 5.48. The first-order valence-corrected chi connectivity index (χ1v) is 5.05. The molecule has 7 heteroatoms. The van der Waals surface area contributed by atoms with Crippen LogP contribution in [0.2, 0.25) is 0 Å². The zero-order valence-corrected chi connectivity index (χ0v) is 9.02. The zero-order valence-electron chi connectivity index (χ0n) is 9.02. The van der Waals surface area contributed by atoms with Gasteiger partial charge < -0.3 is 26.6 Å². The molecule has 0 spiro atoms. The van der Waals surface area contributed by atoms with Gasteiger partial charge in [-0.15, -0.1) is 0 Å². The third-order valence-corrected chi connectivity index (χ3v) is 1.77. The van der Waals surface area contributed by atoms with Gasteiger partial charge in [0, 0.05) is 19.2 Å². The fraction of sp³-hybridized carbons (Fsp3) is 0.556. The lowest BCUT2D eigenvalue weighted by atomic mass is 10.4. The van der Waals surface area contributed by atoms with Crippen LogP contribution in [0.15, 0.2) is 6.07 Å². The van der Waals surface area contributed by atoms with Gasteiger partial charge in [0.1, 0.15) is 11.6 Å². The fourth-order valence-corrected chi connectivity index (χ4v) is 1.13. The molecule has 0 atom stereocenters. The SMILES string of the molecule is Nc1cc(NCCCOCCO)nc(N)n1. The van der Waals surface area contributed by atoms with Gasteiger partial charge in [0.2, 0.25) is 5.95 Å². The Kier molecular flexibility index (Phi) is 5.30. The van der Waals surface area contributed by atoms with Crippen molar-refractivity contribution >= 4 is 17.6 Å². The predicted molar refractivity (Wildman–Crippen MR) is 61.9 cm³/mol. The van der Waals surface area contributed by atoms with Crippen LogP contribution in [-0.4, -0.2) is 41.4 Å². The monoisotopic (exact) mass is 227 g/mol. The van der Waals surface area contributed by atoms with Crippen LogP contribution in [-0.2, 0) is 4.74 Å². The molecule has 0 radical (unpaired) electrons. The molecule has 0 aliphatic carbocycles. The maximum absolute atomic E-state index is 8.48. The third-order valence-electron chi connectivity index (χ3n) is 1.77. The minimum absolute atomic E-state index is 0.0480. The van der Waals surface area contributed by atoms with Crippen molar-refractivity contribution in [3.63, 3.8) is 0 Å². The van der Waals surface area contributed by atoms with E-state index in [2.05, 4.69) is 15.3 Å². The minimum Gasteiger partial charge on any atom is -0.394 e. The van der Waals surface area contributed by atoms with Gasteiger partial charge in [0.25, 0.3) is 0 Å². The van der Waals surface area contributed by atoms with E-state index in [4.69, 9.17) is 21.3 Å². The summed E-state index contributed by atoms with van der Waals surface area (Å²) in [4.78, 5) is 7.72. The molecule has 16 heavy (non-hydrogen) atoms. The van der Waals surface area contributed by atoms with E-state index in [1.807, 2.05) is 0 Å². The molecule has 0 saturated carbocycles. The molecule has 0 aliphatic rings. The highest BCUT2D eigenvalue weighted by atomic mass is 16.5. The van der Waals surface area contributed by atoms with E-state index >= 15 is 0 Å². The van der Waals surface area contributed by atoms with Crippen molar-refractivity contribution in [1.29, 1.82) is 0 Å². The number of nitrogens with one attached hydrogen (secondary N) is 1. The second-order valence-corrected chi connectivity index (χ2v) is 3.15. The summed E-state index contributed by atoms with van der Waals surface area (Å²) in [5.74, 6) is 1.10. The first kappa shape index (κ1) is 12.5. The molecule has 1 aromatic heterocycles. The van der Waals surface area contributed by atoms with Crippen molar-refractivity contribution in [3.8, 4) is 0 Å². The van der Waals surface area contributed by atoms with E-state index in [9.17, 15) is 0 Å². The van der Waals surface area contributed by atoms with Crippen molar-refractivity contribution < 1.29 is 9.84 Å². The smallest absolute Gasteiger partial charge is 0.223 e. The summed E-state index contributed by atoms with van der Waals surface area (Å²) in [6, 6.07) is 1.62. The van der Waals surface area contributed by atoms with E-state index in [1.54, 1.807) is 6.07 Å². The number of hydrogen-bond acceptors (Lipinski definition) is 7. The number of nitrogen functional groups attached to an aromatic ring is 2. The van der Waals surface area contributed by atoms with Gasteiger partial charge in [0.15, 0.2) is 0 Å². The lowest BCUT2D eigenvalue weighted by Gasteiger charge is -2.06. The Labute approximate surface area is 93.8 Å². The first-order chi connectivity index (χ1) is 7.72. The summed E-state index contributed by atoms with van der Waals surface area (Å²) in [7, 11) is 0. The normalized spacial score (nSPS) is 10.3. The number of nitrogens with zero attached hydrogens (tertiary/aromatic N) is 2. The van der Waals surface area contributed by atoms with Gasteiger partial charge >= 0.3 is 0 Å². The van der Waals surface area contributed by atoms with Gasteiger partial charge in [-0.3, -0.25) is 0 Å². The van der Waals surface area contributed by atoms with Crippen LogP contribution in [0.3, 0.4) is 0 Å². The molecule has 1 heterocycles. The van der Waals surface area contributed by atoms with Crippen molar-refractivity contribution in [2.45, 2.75) is 6.42 Å². The average molecular weight is 227 g/mol. The number of rotatable bonds is 7. The quantitative estimate of drug-likeness (QED) is 0.461. The highest BCUT2D eigenvalue weighted by Crippen LogP contribution is 2.08. The number of aliphatic hydroxyl groups is 1. The van der Waals surface area contributed by atoms with Crippen LogP contribution in [0.4, 0.5) is 17.6 Å². The van der Waals surface area contributed by atoms with Crippen LogP contribution in [0.5, 0.6) is 0 Å². The average Bonchev–Trinajstić information content (AvgIpc) is 2.22. The summed E-state index contributed by atoms with van der Waals surface area (Å²) in [5.41, 5.74) is 10.9. The predicted octanol–water partition coefficient (Wildman–Crippen LogP) is -0.548. The Morgan fingerprint density at radius 3 is 2.81 bits per heavy atom. The first-order valence-electron chi connectivity index (χ1n) is 5.05. The Hall–Kier alpha value is -1.60. The Morgan fingerprint density at radius 2 is 2.12 bits per heavy atom. The zero-order chi connectivity index (χ0) is 11.8. The molecule has 0 unspecified atom stereocenters. The molecule has 1 aromatic rings. The van der Waals surface area contributed by atoms with Gasteiger partial charge in [-0.1, -0.05) is 0 Å². The van der Waals surface area contributed by atoms with Crippen LogP contribution in [0.1, 0.15) is 6.42 Å². The second-order valence-electron chi connectivity index (χ2n) is 3.15. The minimum atomic E-state index is 0.0480. The molecular weight excluding hydrogens is 210 g/mol. The number of ether oxygens (including phenoxy) is 1. The summed E-state index contributed by atoms with van der Waals surface area (Å²) in [5, 5.41) is 11.5. The summed E-state index contributed by atoms with van der Waals surface area (Å²) in [6.45, 7) is 1.70. The third kappa shape index (κ3) is 4.76. The molecule has 0 amide bonds. The van der Waals surface area contributed by atoms with E-state index in [0.29, 0.717) is 31.4 Å². The number of aliphatic hydroxyl groups excluding tert-OH is 1. The van der Waals surface area contributed by atoms with E-state index in [-0.39, 0.29) is 12.6 Å². The standard InChI is InChI=1S/C9H17N5O2/c10-7-6-8(14-9(11)13-7)12-2-1-4-16-5-3-15/h6,15H,1-5H2,(H5,10,11,12,13,14). The van der Waals surface area contributed by atoms with Crippen molar-refractivity contribution in [2.75, 3.05) is 43.1 Å². The molecule has 7 nitrogen and oxygen atoms in total. The molecule has 1 rings (SSSR count). The molecule has 0 saturated heterocycles. The van der Waals surface area contributed by atoms with Gasteiger partial charge in [-0.25, -0.2) is 0 Å². The van der Waals surface area contributed by atoms with Crippen LogP contribution in [0.25, 0.3) is 0 Å². The van der Waals surface area contributed by atoms with E-state index in [1.165, 1.54) is 0 Å². The molecule has 0 bridgehead atoms. The number of nitrogens with two attached hydrogens (primary N) is 2. The van der Waals surface area contributed by atoms with Crippen molar-refractivity contribution in [2.24, 2.45) is 0 Å². The van der Waals surface area contributed by atoms with Crippen LogP contribution in [0, 0.1) is 0 Å². The molecular formula is C9H17N5O2. The van der Waals surface area contributed by atoms with Crippen molar-refractivity contribution in [3.05, 3.63) is 6.07 Å². The fourth-order valence-electron chi connectivity index (χ4n) is 1.13. The lowest BCUT2D eigenvalue weighted by molar-refractivity contribution is 0.0922. The lowest BCUT2D eigenvalue weighted by Crippen LogP contribution is -2.10. The number of hydrogen-bond donors (Lipinski definition) is 4. The number of aromatic nitrogens is 2. The summed E-state index contributed by atoms with van der Waals surface area (Å²) in [6.07, 6.45) is 0.809. The van der Waals surface area contributed by atoms with E-state index < -0.39 is 0 Å².